The third-order valence-corrected chi connectivity index (χ3v) is 2.49. The van der Waals surface area contributed by atoms with Crippen LogP contribution in [0.4, 0.5) is 0 Å². The first-order chi connectivity index (χ1) is 7.15. The highest BCUT2D eigenvalue weighted by Crippen LogP contribution is 2.10. The van der Waals surface area contributed by atoms with Crippen LogP contribution in [0.3, 0.4) is 0 Å². The predicted molar refractivity (Wildman–Crippen MR) is 62.8 cm³/mol. The number of ether oxygens (including phenoxy) is 1. The van der Waals surface area contributed by atoms with Crippen molar-refractivity contribution in [2.45, 2.75) is 53.1 Å². The van der Waals surface area contributed by atoms with E-state index in [4.69, 9.17) is 4.74 Å². The average Bonchev–Trinajstić information content (AvgIpc) is 2.20. The van der Waals surface area contributed by atoms with E-state index in [2.05, 4.69) is 12.2 Å². The lowest BCUT2D eigenvalue weighted by molar-refractivity contribution is -0.153. The SMILES string of the molecule is CCCNCC(C)OC(=O)C(CC)CC. The minimum atomic E-state index is -0.0502. The van der Waals surface area contributed by atoms with Crippen molar-refractivity contribution in [2.24, 2.45) is 5.92 Å². The van der Waals surface area contributed by atoms with E-state index in [0.717, 1.165) is 32.4 Å². The Morgan fingerprint density at radius 2 is 1.87 bits per heavy atom. The second kappa shape index (κ2) is 8.72. The van der Waals surface area contributed by atoms with Gasteiger partial charge in [0.15, 0.2) is 0 Å². The molecule has 3 heteroatoms. The van der Waals surface area contributed by atoms with Crippen LogP contribution < -0.4 is 5.32 Å². The molecule has 0 bridgehead atoms. The monoisotopic (exact) mass is 215 g/mol. The topological polar surface area (TPSA) is 38.3 Å². The summed E-state index contributed by atoms with van der Waals surface area (Å²) in [4.78, 5) is 11.6. The zero-order valence-electron chi connectivity index (χ0n) is 10.5. The molecule has 0 amide bonds. The highest BCUT2D eigenvalue weighted by atomic mass is 16.5. The molecule has 0 aromatic rings. The van der Waals surface area contributed by atoms with Crippen LogP contribution in [0.25, 0.3) is 0 Å². The third kappa shape index (κ3) is 6.50. The minimum absolute atomic E-state index is 0.0235. The first kappa shape index (κ1) is 14.4. The second-order valence-corrected chi connectivity index (χ2v) is 3.97. The summed E-state index contributed by atoms with van der Waals surface area (Å²) >= 11 is 0. The molecule has 15 heavy (non-hydrogen) atoms. The zero-order valence-corrected chi connectivity index (χ0v) is 10.5. The maximum absolute atomic E-state index is 11.6. The highest BCUT2D eigenvalue weighted by Gasteiger charge is 2.17. The standard InChI is InChI=1S/C12H25NO2/c1-5-8-13-9-10(4)15-12(14)11(6-2)7-3/h10-11,13H,5-9H2,1-4H3. The molecule has 3 nitrogen and oxygen atoms in total. The Balaban J connectivity index is 3.74. The van der Waals surface area contributed by atoms with Crippen molar-refractivity contribution in [3.05, 3.63) is 0 Å². The van der Waals surface area contributed by atoms with Gasteiger partial charge in [-0.1, -0.05) is 20.8 Å². The fraction of sp³-hybridized carbons (Fsp3) is 0.917. The van der Waals surface area contributed by atoms with Crippen molar-refractivity contribution in [1.82, 2.24) is 5.32 Å². The van der Waals surface area contributed by atoms with E-state index in [-0.39, 0.29) is 18.0 Å². The quantitative estimate of drug-likeness (QED) is 0.499. The van der Waals surface area contributed by atoms with Gasteiger partial charge in [0.2, 0.25) is 0 Å². The lowest BCUT2D eigenvalue weighted by Crippen LogP contribution is -2.31. The number of hydrogen-bond donors (Lipinski definition) is 1. The molecule has 0 rings (SSSR count). The molecule has 0 saturated carbocycles. The lowest BCUT2D eigenvalue weighted by Gasteiger charge is -2.17. The van der Waals surface area contributed by atoms with Gasteiger partial charge in [0, 0.05) is 6.54 Å². The molecule has 0 aliphatic carbocycles. The summed E-state index contributed by atoms with van der Waals surface area (Å²) in [6.07, 6.45) is 2.81. The Hall–Kier alpha value is -0.570. The Bertz CT molecular complexity index is 167. The highest BCUT2D eigenvalue weighted by molar-refractivity contribution is 5.72. The van der Waals surface area contributed by atoms with Gasteiger partial charge in [0.25, 0.3) is 0 Å². The molecule has 1 unspecified atom stereocenters. The normalized spacial score (nSPS) is 12.9. The summed E-state index contributed by atoms with van der Waals surface area (Å²) in [6.45, 7) is 9.83. The van der Waals surface area contributed by atoms with Crippen molar-refractivity contribution in [1.29, 1.82) is 0 Å². The lowest BCUT2D eigenvalue weighted by atomic mass is 10.0. The molecular weight excluding hydrogens is 190 g/mol. The van der Waals surface area contributed by atoms with Gasteiger partial charge in [0.1, 0.15) is 6.10 Å². The summed E-state index contributed by atoms with van der Waals surface area (Å²) in [5, 5.41) is 3.24. The summed E-state index contributed by atoms with van der Waals surface area (Å²) in [7, 11) is 0. The van der Waals surface area contributed by atoms with Gasteiger partial charge in [-0.15, -0.1) is 0 Å². The van der Waals surface area contributed by atoms with Gasteiger partial charge < -0.3 is 10.1 Å². The zero-order chi connectivity index (χ0) is 11.7. The van der Waals surface area contributed by atoms with Crippen LogP contribution in [-0.4, -0.2) is 25.2 Å². The van der Waals surface area contributed by atoms with Gasteiger partial charge >= 0.3 is 5.97 Å². The molecule has 0 aromatic carbocycles. The Labute approximate surface area is 93.6 Å². The van der Waals surface area contributed by atoms with Gasteiger partial charge in [-0.05, 0) is 32.7 Å². The van der Waals surface area contributed by atoms with E-state index in [1.54, 1.807) is 0 Å². The number of esters is 1. The van der Waals surface area contributed by atoms with Crippen molar-refractivity contribution in [2.75, 3.05) is 13.1 Å². The van der Waals surface area contributed by atoms with Crippen LogP contribution in [0.1, 0.15) is 47.0 Å². The summed E-state index contributed by atoms with van der Waals surface area (Å²) in [5.74, 6) is 0.0180. The molecule has 90 valence electrons. The van der Waals surface area contributed by atoms with E-state index in [1.807, 2.05) is 20.8 Å². The first-order valence-electron chi connectivity index (χ1n) is 6.06. The minimum Gasteiger partial charge on any atom is -0.461 e. The molecule has 0 spiro atoms. The molecule has 0 aliphatic rings. The third-order valence-electron chi connectivity index (χ3n) is 2.49. The number of hydrogen-bond acceptors (Lipinski definition) is 3. The second-order valence-electron chi connectivity index (χ2n) is 3.97. The smallest absolute Gasteiger partial charge is 0.309 e. The van der Waals surface area contributed by atoms with Crippen LogP contribution in [0, 0.1) is 5.92 Å². The summed E-state index contributed by atoms with van der Waals surface area (Å²) < 4.78 is 5.34. The van der Waals surface area contributed by atoms with Gasteiger partial charge in [-0.2, -0.15) is 0 Å². The largest absolute Gasteiger partial charge is 0.461 e. The Morgan fingerprint density at radius 1 is 1.27 bits per heavy atom. The first-order valence-corrected chi connectivity index (χ1v) is 6.06. The van der Waals surface area contributed by atoms with Crippen LogP contribution in [0.5, 0.6) is 0 Å². The van der Waals surface area contributed by atoms with E-state index < -0.39 is 0 Å². The average molecular weight is 215 g/mol. The van der Waals surface area contributed by atoms with Crippen molar-refractivity contribution < 1.29 is 9.53 Å². The van der Waals surface area contributed by atoms with Crippen LogP contribution in [-0.2, 0) is 9.53 Å². The molecule has 0 radical (unpaired) electrons. The molecular formula is C12H25NO2. The molecule has 1 N–H and O–H groups in total. The van der Waals surface area contributed by atoms with E-state index in [0.29, 0.717) is 0 Å². The van der Waals surface area contributed by atoms with Gasteiger partial charge in [-0.25, -0.2) is 0 Å². The maximum Gasteiger partial charge on any atom is 0.309 e. The van der Waals surface area contributed by atoms with E-state index in [1.165, 1.54) is 0 Å². The molecule has 0 heterocycles. The van der Waals surface area contributed by atoms with Gasteiger partial charge in [-0.3, -0.25) is 4.79 Å². The van der Waals surface area contributed by atoms with Crippen molar-refractivity contribution in [3.63, 3.8) is 0 Å². The molecule has 0 aromatic heterocycles. The Morgan fingerprint density at radius 3 is 2.33 bits per heavy atom. The number of carbonyl (C=O) groups is 1. The summed E-state index contributed by atoms with van der Waals surface area (Å²) in [6, 6.07) is 0. The molecule has 0 fully saturated rings. The van der Waals surface area contributed by atoms with Gasteiger partial charge in [0.05, 0.1) is 5.92 Å². The predicted octanol–water partition coefficient (Wildman–Crippen LogP) is 2.35. The molecule has 0 saturated heterocycles. The van der Waals surface area contributed by atoms with Crippen molar-refractivity contribution in [3.8, 4) is 0 Å². The number of carbonyl (C=O) groups excluding carboxylic acids is 1. The van der Waals surface area contributed by atoms with Crippen LogP contribution in [0.2, 0.25) is 0 Å². The van der Waals surface area contributed by atoms with Crippen LogP contribution >= 0.6 is 0 Å². The fourth-order valence-corrected chi connectivity index (χ4v) is 1.44. The van der Waals surface area contributed by atoms with E-state index in [9.17, 15) is 4.79 Å². The maximum atomic E-state index is 11.6. The number of rotatable bonds is 8. The van der Waals surface area contributed by atoms with E-state index >= 15 is 0 Å². The molecule has 1 atom stereocenters. The molecule has 0 aliphatic heterocycles. The summed E-state index contributed by atoms with van der Waals surface area (Å²) in [5.41, 5.74) is 0. The number of nitrogens with one attached hydrogen (secondary N) is 1. The van der Waals surface area contributed by atoms with Crippen molar-refractivity contribution >= 4 is 5.97 Å². The Kier molecular flexibility index (Phi) is 8.38. The van der Waals surface area contributed by atoms with Crippen LogP contribution in [0.15, 0.2) is 0 Å². The fourth-order valence-electron chi connectivity index (χ4n) is 1.44.